The molecule has 2 aromatic heterocycles. The smallest absolute Gasteiger partial charge is 0.223 e. The number of nitrogens with zero attached hydrogens (tertiary/aromatic N) is 5. The van der Waals surface area contributed by atoms with E-state index in [1.165, 1.54) is 6.07 Å². The minimum Gasteiger partial charge on any atom is -0.494 e. The molecule has 0 aliphatic carbocycles. The second-order valence-electron chi connectivity index (χ2n) is 6.94. The zero-order chi connectivity index (χ0) is 19.3. The third kappa shape index (κ3) is 2.60. The Kier molecular flexibility index (Phi) is 3.78. The van der Waals surface area contributed by atoms with Crippen LogP contribution in [0.1, 0.15) is 18.2 Å². The summed E-state index contributed by atoms with van der Waals surface area (Å²) in [7, 11) is 1.60. The van der Waals surface area contributed by atoms with Gasteiger partial charge in [-0.3, -0.25) is 0 Å². The summed E-state index contributed by atoms with van der Waals surface area (Å²) in [5, 5.41) is 5.46. The van der Waals surface area contributed by atoms with E-state index in [0.29, 0.717) is 16.9 Å². The maximum Gasteiger partial charge on any atom is 0.223 e. The van der Waals surface area contributed by atoms with E-state index in [2.05, 4.69) is 15.0 Å². The lowest BCUT2D eigenvalue weighted by atomic mass is 10.1. The van der Waals surface area contributed by atoms with Crippen molar-refractivity contribution in [3.05, 3.63) is 54.1 Å². The van der Waals surface area contributed by atoms with Crippen LogP contribution in [0.15, 0.2) is 42.5 Å². The predicted molar refractivity (Wildman–Crippen MR) is 105 cm³/mol. The number of benzene rings is 2. The monoisotopic (exact) mass is 378 g/mol. The van der Waals surface area contributed by atoms with Crippen molar-refractivity contribution in [2.24, 2.45) is 0 Å². The van der Waals surface area contributed by atoms with Gasteiger partial charge in [-0.05, 0) is 36.8 Å². The van der Waals surface area contributed by atoms with Crippen LogP contribution >= 0.6 is 0 Å². The Morgan fingerprint density at radius 3 is 2.86 bits per heavy atom. The number of nitrogen functional groups attached to an aromatic ring is 1. The quantitative estimate of drug-likeness (QED) is 0.590. The molecule has 28 heavy (non-hydrogen) atoms. The molecule has 8 heteroatoms. The van der Waals surface area contributed by atoms with E-state index in [4.69, 9.17) is 15.5 Å². The van der Waals surface area contributed by atoms with Crippen LogP contribution in [0.2, 0.25) is 0 Å². The van der Waals surface area contributed by atoms with Gasteiger partial charge in [-0.1, -0.05) is 12.1 Å². The molecule has 5 rings (SSSR count). The Hall–Kier alpha value is -3.42. The van der Waals surface area contributed by atoms with Gasteiger partial charge >= 0.3 is 0 Å². The summed E-state index contributed by atoms with van der Waals surface area (Å²) in [6, 6.07) is 12.3. The molecule has 0 saturated carbocycles. The molecule has 142 valence electrons. The Bertz CT molecular complexity index is 1190. The number of fused-ring (bicyclic) bond motifs is 3. The molecule has 1 fully saturated rings. The van der Waals surface area contributed by atoms with E-state index in [9.17, 15) is 4.39 Å². The van der Waals surface area contributed by atoms with Gasteiger partial charge in [-0.25, -0.2) is 14.4 Å². The van der Waals surface area contributed by atoms with E-state index < -0.39 is 0 Å². The van der Waals surface area contributed by atoms with Gasteiger partial charge in [0.05, 0.1) is 7.11 Å². The fourth-order valence-electron chi connectivity index (χ4n) is 3.86. The van der Waals surface area contributed by atoms with Crippen LogP contribution in [-0.2, 0) is 0 Å². The number of rotatable bonds is 3. The molecule has 1 aliphatic heterocycles. The van der Waals surface area contributed by atoms with Crippen LogP contribution < -0.4 is 15.4 Å². The number of para-hydroxylation sites is 1. The minimum atomic E-state index is -0.230. The lowest BCUT2D eigenvalue weighted by molar-refractivity contribution is 0.419. The molecule has 7 nitrogen and oxygen atoms in total. The summed E-state index contributed by atoms with van der Waals surface area (Å²) in [5.41, 5.74) is 8.35. The molecule has 4 aromatic rings. The molecule has 0 bridgehead atoms. The summed E-state index contributed by atoms with van der Waals surface area (Å²) in [6.07, 6.45) is 0.891. The lowest BCUT2D eigenvalue weighted by Crippen LogP contribution is -2.19. The molecule has 0 radical (unpaired) electrons. The molecule has 3 heterocycles. The van der Waals surface area contributed by atoms with Gasteiger partial charge in [0.25, 0.3) is 0 Å². The standard InChI is InChI=1S/C20H19FN6O/c1-28-16-7-3-6-15-17(16)23-20(22)27-19(15)24-18(25-27)12-8-9-26(11-12)14-5-2-4-13(21)10-14/h2-7,10,12H,8-9,11H2,1H3,(H2,22,23). The summed E-state index contributed by atoms with van der Waals surface area (Å²) >= 11 is 0. The first kappa shape index (κ1) is 16.7. The Balaban J connectivity index is 1.54. The molecule has 0 amide bonds. The van der Waals surface area contributed by atoms with Crippen LogP contribution in [0.25, 0.3) is 16.6 Å². The minimum absolute atomic E-state index is 0.142. The molecule has 1 saturated heterocycles. The van der Waals surface area contributed by atoms with Crippen molar-refractivity contribution in [2.45, 2.75) is 12.3 Å². The normalized spacial score (nSPS) is 16.9. The Morgan fingerprint density at radius 1 is 1.18 bits per heavy atom. The predicted octanol–water partition coefficient (Wildman–Crippen LogP) is 3.00. The second kappa shape index (κ2) is 6.33. The van der Waals surface area contributed by atoms with Gasteiger partial charge in [0.1, 0.15) is 17.1 Å². The van der Waals surface area contributed by atoms with Gasteiger partial charge in [-0.2, -0.15) is 4.52 Å². The summed E-state index contributed by atoms with van der Waals surface area (Å²) in [5.74, 6) is 1.55. The number of hydrogen-bond acceptors (Lipinski definition) is 6. The fourth-order valence-corrected chi connectivity index (χ4v) is 3.86. The average Bonchev–Trinajstić information content (AvgIpc) is 3.35. The maximum absolute atomic E-state index is 13.5. The van der Waals surface area contributed by atoms with Crippen molar-refractivity contribution in [1.29, 1.82) is 0 Å². The van der Waals surface area contributed by atoms with Crippen LogP contribution in [0.5, 0.6) is 5.75 Å². The number of nitrogens with two attached hydrogens (primary N) is 1. The molecule has 0 spiro atoms. The topological polar surface area (TPSA) is 81.6 Å². The third-order valence-corrected chi connectivity index (χ3v) is 5.25. The van der Waals surface area contributed by atoms with Crippen molar-refractivity contribution in [3.63, 3.8) is 0 Å². The highest BCUT2D eigenvalue weighted by Gasteiger charge is 2.28. The van der Waals surface area contributed by atoms with Crippen LogP contribution in [-0.4, -0.2) is 39.8 Å². The average molecular weight is 378 g/mol. The van der Waals surface area contributed by atoms with E-state index >= 15 is 0 Å². The van der Waals surface area contributed by atoms with E-state index in [0.717, 1.165) is 36.4 Å². The van der Waals surface area contributed by atoms with Crippen LogP contribution in [0, 0.1) is 5.82 Å². The van der Waals surface area contributed by atoms with Crippen LogP contribution in [0.3, 0.4) is 0 Å². The number of methoxy groups -OCH3 is 1. The number of anilines is 2. The second-order valence-corrected chi connectivity index (χ2v) is 6.94. The molecular formula is C20H19FN6O. The number of aromatic nitrogens is 4. The maximum atomic E-state index is 13.5. The highest BCUT2D eigenvalue weighted by Crippen LogP contribution is 2.32. The largest absolute Gasteiger partial charge is 0.494 e. The first-order valence-electron chi connectivity index (χ1n) is 9.13. The fraction of sp³-hybridized carbons (Fsp3) is 0.250. The van der Waals surface area contributed by atoms with E-state index in [1.54, 1.807) is 23.8 Å². The Labute approximate surface area is 160 Å². The highest BCUT2D eigenvalue weighted by molar-refractivity contribution is 5.95. The zero-order valence-electron chi connectivity index (χ0n) is 15.3. The van der Waals surface area contributed by atoms with Crippen molar-refractivity contribution >= 4 is 28.2 Å². The van der Waals surface area contributed by atoms with Gasteiger partial charge in [0.2, 0.25) is 5.95 Å². The Morgan fingerprint density at radius 2 is 2.04 bits per heavy atom. The molecule has 1 atom stereocenters. The molecule has 1 unspecified atom stereocenters. The van der Waals surface area contributed by atoms with Crippen molar-refractivity contribution in [2.75, 3.05) is 30.8 Å². The first-order valence-corrected chi connectivity index (χ1v) is 9.13. The molecule has 2 N–H and O–H groups in total. The van der Waals surface area contributed by atoms with Gasteiger partial charge in [0, 0.05) is 30.1 Å². The zero-order valence-corrected chi connectivity index (χ0v) is 15.3. The first-order chi connectivity index (χ1) is 13.6. The SMILES string of the molecule is COc1cccc2c1nc(N)n1nc(C3CCN(c4cccc(F)c4)C3)nc21. The summed E-state index contributed by atoms with van der Waals surface area (Å²) in [6.45, 7) is 1.56. The molecule has 2 aromatic carbocycles. The van der Waals surface area contributed by atoms with Crippen LogP contribution in [0.4, 0.5) is 16.0 Å². The number of ether oxygens (including phenoxy) is 1. The molecular weight excluding hydrogens is 359 g/mol. The van der Waals surface area contributed by atoms with Gasteiger partial charge in [0.15, 0.2) is 11.5 Å². The number of halogens is 1. The van der Waals surface area contributed by atoms with Crippen molar-refractivity contribution < 1.29 is 9.13 Å². The van der Waals surface area contributed by atoms with Crippen molar-refractivity contribution in [3.8, 4) is 5.75 Å². The van der Waals surface area contributed by atoms with E-state index in [1.807, 2.05) is 24.3 Å². The van der Waals surface area contributed by atoms with Gasteiger partial charge in [-0.15, -0.1) is 5.10 Å². The van der Waals surface area contributed by atoms with Crippen molar-refractivity contribution in [1.82, 2.24) is 19.6 Å². The van der Waals surface area contributed by atoms with E-state index in [-0.39, 0.29) is 17.7 Å². The third-order valence-electron chi connectivity index (χ3n) is 5.25. The van der Waals surface area contributed by atoms with Gasteiger partial charge < -0.3 is 15.4 Å². The summed E-state index contributed by atoms with van der Waals surface area (Å²) in [4.78, 5) is 11.4. The number of hydrogen-bond donors (Lipinski definition) is 1. The highest BCUT2D eigenvalue weighted by atomic mass is 19.1. The lowest BCUT2D eigenvalue weighted by Gasteiger charge is -2.18. The summed E-state index contributed by atoms with van der Waals surface area (Å²) < 4.78 is 20.5. The molecule has 1 aliphatic rings.